The van der Waals surface area contributed by atoms with Gasteiger partial charge in [-0.25, -0.2) is 0 Å². The molecule has 0 fully saturated rings. The van der Waals surface area contributed by atoms with Crippen LogP contribution in [0, 0.1) is 11.8 Å². The number of hydrogen-bond donors (Lipinski definition) is 2. The molecule has 0 amide bonds. The second-order valence-corrected chi connectivity index (χ2v) is 6.56. The van der Waals surface area contributed by atoms with E-state index in [0.29, 0.717) is 5.92 Å². The van der Waals surface area contributed by atoms with Crippen LogP contribution in [0.3, 0.4) is 0 Å². The van der Waals surface area contributed by atoms with Crippen molar-refractivity contribution in [2.24, 2.45) is 11.8 Å². The summed E-state index contributed by atoms with van der Waals surface area (Å²) in [4.78, 5) is 1.17. The summed E-state index contributed by atoms with van der Waals surface area (Å²) in [6.07, 6.45) is 0.480. The average Bonchev–Trinajstić information content (AvgIpc) is 2.37. The Balaban J connectivity index is 2.72. The van der Waals surface area contributed by atoms with Gasteiger partial charge in [0, 0.05) is 22.7 Å². The molecule has 1 aromatic rings. The second kappa shape index (κ2) is 7.82. The molecular weight excluding hydrogens is 244 g/mol. The van der Waals surface area contributed by atoms with Gasteiger partial charge in [0.1, 0.15) is 0 Å². The summed E-state index contributed by atoms with van der Waals surface area (Å²) in [5, 5.41) is 19.6. The van der Waals surface area contributed by atoms with Gasteiger partial charge in [0.15, 0.2) is 0 Å². The van der Waals surface area contributed by atoms with Crippen molar-refractivity contribution in [2.75, 3.05) is 6.61 Å². The van der Waals surface area contributed by atoms with Crippen molar-refractivity contribution in [2.45, 2.75) is 43.4 Å². The Morgan fingerprint density at radius 2 is 1.72 bits per heavy atom. The van der Waals surface area contributed by atoms with Crippen LogP contribution < -0.4 is 0 Å². The van der Waals surface area contributed by atoms with Gasteiger partial charge in [-0.05, 0) is 24.5 Å². The van der Waals surface area contributed by atoms with Gasteiger partial charge in [-0.3, -0.25) is 0 Å². The minimum atomic E-state index is -0.470. The van der Waals surface area contributed by atoms with Crippen LogP contribution >= 0.6 is 11.8 Å². The molecule has 2 nitrogen and oxygen atoms in total. The van der Waals surface area contributed by atoms with Gasteiger partial charge in [0.05, 0.1) is 6.10 Å². The summed E-state index contributed by atoms with van der Waals surface area (Å²) < 4.78 is 0. The zero-order valence-electron chi connectivity index (χ0n) is 11.4. The van der Waals surface area contributed by atoms with E-state index in [1.165, 1.54) is 4.90 Å². The summed E-state index contributed by atoms with van der Waals surface area (Å²) >= 11 is 1.71. The highest BCUT2D eigenvalue weighted by Crippen LogP contribution is 2.32. The molecule has 0 saturated heterocycles. The predicted molar refractivity (Wildman–Crippen MR) is 77.8 cm³/mol. The summed E-state index contributed by atoms with van der Waals surface area (Å²) in [7, 11) is 0. The monoisotopic (exact) mass is 268 g/mol. The highest BCUT2D eigenvalue weighted by molar-refractivity contribution is 8.00. The molecule has 3 heteroatoms. The first-order valence-electron chi connectivity index (χ1n) is 6.55. The second-order valence-electron chi connectivity index (χ2n) is 5.25. The van der Waals surface area contributed by atoms with Crippen LogP contribution in [0.15, 0.2) is 35.2 Å². The quantitative estimate of drug-likeness (QED) is 0.746. The minimum Gasteiger partial charge on any atom is -0.396 e. The Labute approximate surface area is 114 Å². The highest BCUT2D eigenvalue weighted by atomic mass is 32.2. The third-order valence-corrected chi connectivity index (χ3v) is 4.30. The number of rotatable bonds is 7. The van der Waals surface area contributed by atoms with Crippen LogP contribution in [0.2, 0.25) is 0 Å². The standard InChI is InChI=1S/C15H24O2S/c1-11(2)9-14(15(17)12(3)10-16)18-13-7-5-4-6-8-13/h4-8,11-12,14-17H,9-10H2,1-3H3/t12-,14+,15-/m0/s1. The van der Waals surface area contributed by atoms with E-state index in [0.717, 1.165) is 6.42 Å². The topological polar surface area (TPSA) is 40.5 Å². The van der Waals surface area contributed by atoms with Crippen molar-refractivity contribution >= 4 is 11.8 Å². The lowest BCUT2D eigenvalue weighted by atomic mass is 9.97. The van der Waals surface area contributed by atoms with Crippen molar-refractivity contribution in [1.82, 2.24) is 0 Å². The van der Waals surface area contributed by atoms with E-state index in [4.69, 9.17) is 0 Å². The summed E-state index contributed by atoms with van der Waals surface area (Å²) in [6, 6.07) is 10.1. The van der Waals surface area contributed by atoms with Gasteiger partial charge in [-0.2, -0.15) is 0 Å². The fraction of sp³-hybridized carbons (Fsp3) is 0.600. The molecule has 102 valence electrons. The van der Waals surface area contributed by atoms with Gasteiger partial charge in [0.2, 0.25) is 0 Å². The minimum absolute atomic E-state index is 0.0328. The van der Waals surface area contributed by atoms with Crippen molar-refractivity contribution in [3.63, 3.8) is 0 Å². The maximum Gasteiger partial charge on any atom is 0.0709 e. The fourth-order valence-corrected chi connectivity index (χ4v) is 3.42. The largest absolute Gasteiger partial charge is 0.396 e. The van der Waals surface area contributed by atoms with E-state index >= 15 is 0 Å². The molecule has 0 bridgehead atoms. The Morgan fingerprint density at radius 1 is 1.11 bits per heavy atom. The molecule has 0 aliphatic heterocycles. The Bertz CT molecular complexity index is 327. The smallest absolute Gasteiger partial charge is 0.0709 e. The highest BCUT2D eigenvalue weighted by Gasteiger charge is 2.26. The van der Waals surface area contributed by atoms with Crippen LogP contribution in [-0.4, -0.2) is 28.2 Å². The molecule has 0 radical (unpaired) electrons. The molecule has 1 rings (SSSR count). The van der Waals surface area contributed by atoms with Gasteiger partial charge in [0.25, 0.3) is 0 Å². The maximum atomic E-state index is 10.3. The van der Waals surface area contributed by atoms with Crippen LogP contribution in [0.25, 0.3) is 0 Å². The van der Waals surface area contributed by atoms with E-state index in [2.05, 4.69) is 26.0 Å². The van der Waals surface area contributed by atoms with Crippen LogP contribution in [0.1, 0.15) is 27.2 Å². The van der Waals surface area contributed by atoms with Crippen molar-refractivity contribution < 1.29 is 10.2 Å². The molecule has 0 heterocycles. The molecule has 0 spiro atoms. The van der Waals surface area contributed by atoms with Gasteiger partial charge < -0.3 is 10.2 Å². The van der Waals surface area contributed by atoms with Gasteiger partial charge in [-0.15, -0.1) is 11.8 Å². The zero-order chi connectivity index (χ0) is 13.5. The van der Waals surface area contributed by atoms with E-state index in [1.54, 1.807) is 11.8 Å². The molecule has 0 aliphatic rings. The number of thioether (sulfide) groups is 1. The number of aliphatic hydroxyl groups excluding tert-OH is 2. The SMILES string of the molecule is CC(C)C[C@@H](Sc1ccccc1)[C@@H](O)[C@@H](C)CO. The third kappa shape index (κ3) is 5.01. The Hall–Kier alpha value is -0.510. The van der Waals surface area contributed by atoms with Crippen LogP contribution in [0.5, 0.6) is 0 Å². The molecule has 0 unspecified atom stereocenters. The first-order chi connectivity index (χ1) is 8.54. The molecule has 18 heavy (non-hydrogen) atoms. The maximum absolute atomic E-state index is 10.3. The van der Waals surface area contributed by atoms with Crippen molar-refractivity contribution in [1.29, 1.82) is 0 Å². The predicted octanol–water partition coefficient (Wildman–Crippen LogP) is 3.18. The first-order valence-corrected chi connectivity index (χ1v) is 7.43. The zero-order valence-corrected chi connectivity index (χ0v) is 12.2. The molecule has 0 aromatic heterocycles. The average molecular weight is 268 g/mol. The Morgan fingerprint density at radius 3 is 2.22 bits per heavy atom. The van der Waals surface area contributed by atoms with E-state index in [1.807, 2.05) is 25.1 Å². The number of aliphatic hydroxyl groups is 2. The van der Waals surface area contributed by atoms with Crippen LogP contribution in [0.4, 0.5) is 0 Å². The molecule has 3 atom stereocenters. The first kappa shape index (κ1) is 15.5. The van der Waals surface area contributed by atoms with Crippen LogP contribution in [-0.2, 0) is 0 Å². The Kier molecular flexibility index (Phi) is 6.76. The normalized spacial score (nSPS) is 16.6. The molecule has 2 N–H and O–H groups in total. The molecule has 0 aliphatic carbocycles. The molecular formula is C15H24O2S. The lowest BCUT2D eigenvalue weighted by molar-refractivity contribution is 0.0711. The summed E-state index contributed by atoms with van der Waals surface area (Å²) in [6.45, 7) is 6.25. The lowest BCUT2D eigenvalue weighted by Gasteiger charge is -2.27. The van der Waals surface area contributed by atoms with Gasteiger partial charge >= 0.3 is 0 Å². The lowest BCUT2D eigenvalue weighted by Crippen LogP contribution is -2.32. The molecule has 1 aromatic carbocycles. The fourth-order valence-electron chi connectivity index (χ4n) is 1.87. The summed E-state index contributed by atoms with van der Waals surface area (Å²) in [5.41, 5.74) is 0. The number of hydrogen-bond acceptors (Lipinski definition) is 3. The van der Waals surface area contributed by atoms with E-state index in [-0.39, 0.29) is 17.8 Å². The van der Waals surface area contributed by atoms with Crippen molar-refractivity contribution in [3.8, 4) is 0 Å². The molecule has 0 saturated carbocycles. The van der Waals surface area contributed by atoms with Crippen molar-refractivity contribution in [3.05, 3.63) is 30.3 Å². The van der Waals surface area contributed by atoms with E-state index in [9.17, 15) is 10.2 Å². The third-order valence-electron chi connectivity index (χ3n) is 2.99. The number of benzene rings is 1. The van der Waals surface area contributed by atoms with Gasteiger partial charge in [-0.1, -0.05) is 39.0 Å². The summed E-state index contributed by atoms with van der Waals surface area (Å²) in [5.74, 6) is 0.455. The van der Waals surface area contributed by atoms with E-state index < -0.39 is 6.10 Å².